The quantitative estimate of drug-likeness (QED) is 0.309. The number of guanidine groups is 1. The second-order valence-electron chi connectivity index (χ2n) is 5.52. The zero-order chi connectivity index (χ0) is 16.2. The van der Waals surface area contributed by atoms with E-state index in [0.29, 0.717) is 0 Å². The summed E-state index contributed by atoms with van der Waals surface area (Å²) in [6.07, 6.45) is 8.91. The van der Waals surface area contributed by atoms with E-state index in [1.165, 1.54) is 24.3 Å². The number of allylic oxidation sites excluding steroid dienone is 1. The number of aryl methyl sites for hydroxylation is 2. The molecule has 1 aromatic heterocycles. The molecule has 0 aliphatic rings. The molecule has 1 N–H and O–H groups in total. The molecule has 1 rings (SSSR count). The van der Waals surface area contributed by atoms with E-state index in [4.69, 9.17) is 0 Å². The first-order valence-corrected chi connectivity index (χ1v) is 8.99. The summed E-state index contributed by atoms with van der Waals surface area (Å²) in [5.41, 5.74) is 1.12. The predicted molar refractivity (Wildman–Crippen MR) is 97.8 cm³/mol. The Morgan fingerprint density at radius 3 is 2.86 bits per heavy atom. The first-order valence-electron chi connectivity index (χ1n) is 8.11. The van der Waals surface area contributed by atoms with Gasteiger partial charge in [0.25, 0.3) is 0 Å². The lowest BCUT2D eigenvalue weighted by atomic mass is 10.2. The van der Waals surface area contributed by atoms with Gasteiger partial charge in [-0.1, -0.05) is 12.5 Å². The molecule has 0 amide bonds. The van der Waals surface area contributed by atoms with Crippen LogP contribution >= 0.6 is 11.3 Å². The fraction of sp³-hybridized carbons (Fsp3) is 0.647. The van der Waals surface area contributed by atoms with E-state index in [-0.39, 0.29) is 0 Å². The molecule has 1 aromatic rings. The number of hydrogen-bond acceptors (Lipinski definition) is 3. The molecule has 1 heterocycles. The van der Waals surface area contributed by atoms with Crippen molar-refractivity contribution in [1.29, 1.82) is 0 Å². The normalized spacial score (nSPS) is 11.5. The molecule has 0 spiro atoms. The molecule has 0 unspecified atom stereocenters. The maximum absolute atomic E-state index is 4.49. The van der Waals surface area contributed by atoms with Crippen LogP contribution in [0, 0.1) is 6.92 Å². The number of nitrogens with one attached hydrogen (secondary N) is 1. The zero-order valence-electron chi connectivity index (χ0n) is 14.3. The van der Waals surface area contributed by atoms with E-state index in [0.717, 1.165) is 44.0 Å². The first-order chi connectivity index (χ1) is 10.7. The molecule has 22 heavy (non-hydrogen) atoms. The van der Waals surface area contributed by atoms with Crippen molar-refractivity contribution in [2.45, 2.75) is 45.4 Å². The molecule has 0 bridgehead atoms. The highest BCUT2D eigenvalue weighted by Crippen LogP contribution is 2.10. The topological polar surface area (TPSA) is 40.5 Å². The minimum absolute atomic E-state index is 0.937. The second-order valence-corrected chi connectivity index (χ2v) is 6.46. The van der Waals surface area contributed by atoms with Gasteiger partial charge in [-0.05, 0) is 32.6 Å². The van der Waals surface area contributed by atoms with Crippen LogP contribution < -0.4 is 5.32 Å². The van der Waals surface area contributed by atoms with E-state index in [2.05, 4.69) is 39.2 Å². The highest BCUT2D eigenvalue weighted by atomic mass is 32.1. The van der Waals surface area contributed by atoms with Crippen molar-refractivity contribution in [3.05, 3.63) is 28.7 Å². The summed E-state index contributed by atoms with van der Waals surface area (Å²) in [4.78, 5) is 11.1. The van der Waals surface area contributed by atoms with Crippen LogP contribution in [0.15, 0.2) is 23.0 Å². The zero-order valence-corrected chi connectivity index (χ0v) is 15.1. The maximum atomic E-state index is 4.49. The molecule has 0 fully saturated rings. The summed E-state index contributed by atoms with van der Waals surface area (Å²) in [6.45, 7) is 7.78. The molecular weight excluding hydrogens is 292 g/mol. The summed E-state index contributed by atoms with van der Waals surface area (Å²) in [5, 5.41) is 6.77. The van der Waals surface area contributed by atoms with Crippen molar-refractivity contribution < 1.29 is 0 Å². The monoisotopic (exact) mass is 322 g/mol. The van der Waals surface area contributed by atoms with Gasteiger partial charge < -0.3 is 10.2 Å². The van der Waals surface area contributed by atoms with Gasteiger partial charge in [0.2, 0.25) is 0 Å². The van der Waals surface area contributed by atoms with Crippen LogP contribution in [0.25, 0.3) is 0 Å². The lowest BCUT2D eigenvalue weighted by Crippen LogP contribution is -2.39. The van der Waals surface area contributed by atoms with Crippen LogP contribution in [0.5, 0.6) is 0 Å². The second kappa shape index (κ2) is 11.2. The minimum Gasteiger partial charge on any atom is -0.356 e. The Balaban J connectivity index is 2.16. The molecule has 0 atom stereocenters. The third-order valence-corrected chi connectivity index (χ3v) is 4.52. The number of aliphatic imine (C=N–C) groups is 1. The Morgan fingerprint density at radius 2 is 2.23 bits per heavy atom. The summed E-state index contributed by atoms with van der Waals surface area (Å²) in [5.74, 6) is 0.985. The molecule has 0 radical (unpaired) electrons. The average Bonchev–Trinajstić information content (AvgIpc) is 2.92. The van der Waals surface area contributed by atoms with Crippen LogP contribution in [0.3, 0.4) is 0 Å². The van der Waals surface area contributed by atoms with Gasteiger partial charge in [0, 0.05) is 44.7 Å². The SMILES string of the molecule is C=CCCCCCN(C)C(=NC)NCCCc1nc(C)cs1. The van der Waals surface area contributed by atoms with Crippen LogP contribution in [-0.4, -0.2) is 43.0 Å². The van der Waals surface area contributed by atoms with Gasteiger partial charge in [-0.2, -0.15) is 0 Å². The Kier molecular flexibility index (Phi) is 9.55. The third kappa shape index (κ3) is 7.59. The fourth-order valence-corrected chi connectivity index (χ4v) is 3.08. The van der Waals surface area contributed by atoms with Gasteiger partial charge in [-0.15, -0.1) is 17.9 Å². The summed E-state index contributed by atoms with van der Waals surface area (Å²) < 4.78 is 0. The minimum atomic E-state index is 0.937. The lowest BCUT2D eigenvalue weighted by molar-refractivity contribution is 0.454. The Hall–Kier alpha value is -1.36. The number of thiazole rings is 1. The van der Waals surface area contributed by atoms with Gasteiger partial charge in [-0.3, -0.25) is 4.99 Å². The standard InChI is InChI=1S/C17H30N4S/c1-5-6-7-8-9-13-21(4)17(18-3)19-12-10-11-16-20-15(2)14-22-16/h5,14H,1,6-13H2,2-4H3,(H,18,19). The van der Waals surface area contributed by atoms with Crippen molar-refractivity contribution in [3.8, 4) is 0 Å². The number of aromatic nitrogens is 1. The number of rotatable bonds is 10. The Morgan fingerprint density at radius 1 is 1.41 bits per heavy atom. The predicted octanol–water partition coefficient (Wildman–Crippen LogP) is 3.64. The summed E-state index contributed by atoms with van der Waals surface area (Å²) in [6, 6.07) is 0. The van der Waals surface area contributed by atoms with Crippen molar-refractivity contribution in [2.24, 2.45) is 4.99 Å². The van der Waals surface area contributed by atoms with Crippen molar-refractivity contribution in [1.82, 2.24) is 15.2 Å². The van der Waals surface area contributed by atoms with Gasteiger partial charge in [0.05, 0.1) is 5.01 Å². The molecule has 0 aromatic carbocycles. The molecule has 0 aliphatic carbocycles. The molecular formula is C17H30N4S. The molecule has 0 saturated carbocycles. The molecule has 124 valence electrons. The van der Waals surface area contributed by atoms with Gasteiger partial charge in [0.1, 0.15) is 0 Å². The molecule has 5 heteroatoms. The summed E-state index contributed by atoms with van der Waals surface area (Å²) >= 11 is 1.75. The average molecular weight is 323 g/mol. The highest BCUT2D eigenvalue weighted by molar-refractivity contribution is 7.09. The molecule has 0 aliphatic heterocycles. The van der Waals surface area contributed by atoms with E-state index < -0.39 is 0 Å². The largest absolute Gasteiger partial charge is 0.356 e. The number of unbranched alkanes of at least 4 members (excludes halogenated alkanes) is 3. The van der Waals surface area contributed by atoms with Crippen LogP contribution in [0.1, 0.15) is 42.8 Å². The Bertz CT molecular complexity index is 453. The van der Waals surface area contributed by atoms with E-state index in [1.807, 2.05) is 20.0 Å². The van der Waals surface area contributed by atoms with E-state index in [1.54, 1.807) is 11.3 Å². The lowest BCUT2D eigenvalue weighted by Gasteiger charge is -2.22. The van der Waals surface area contributed by atoms with E-state index >= 15 is 0 Å². The molecule has 4 nitrogen and oxygen atoms in total. The van der Waals surface area contributed by atoms with Crippen LogP contribution in [-0.2, 0) is 6.42 Å². The van der Waals surface area contributed by atoms with Crippen LogP contribution in [0.4, 0.5) is 0 Å². The van der Waals surface area contributed by atoms with Gasteiger partial charge in [-0.25, -0.2) is 4.98 Å². The number of nitrogens with zero attached hydrogens (tertiary/aromatic N) is 3. The maximum Gasteiger partial charge on any atom is 0.193 e. The third-order valence-electron chi connectivity index (χ3n) is 3.49. The van der Waals surface area contributed by atoms with Gasteiger partial charge in [0.15, 0.2) is 5.96 Å². The fourth-order valence-electron chi connectivity index (χ4n) is 2.26. The van der Waals surface area contributed by atoms with Crippen molar-refractivity contribution in [2.75, 3.05) is 27.2 Å². The van der Waals surface area contributed by atoms with Crippen LogP contribution in [0.2, 0.25) is 0 Å². The molecule has 0 saturated heterocycles. The smallest absolute Gasteiger partial charge is 0.193 e. The summed E-state index contributed by atoms with van der Waals surface area (Å²) in [7, 11) is 3.95. The Labute approximate surface area is 139 Å². The first kappa shape index (κ1) is 18.7. The highest BCUT2D eigenvalue weighted by Gasteiger charge is 2.05. The van der Waals surface area contributed by atoms with Crippen molar-refractivity contribution in [3.63, 3.8) is 0 Å². The van der Waals surface area contributed by atoms with Gasteiger partial charge >= 0.3 is 0 Å². The van der Waals surface area contributed by atoms with Crippen molar-refractivity contribution >= 4 is 17.3 Å². The van der Waals surface area contributed by atoms with E-state index in [9.17, 15) is 0 Å². The number of hydrogen-bond donors (Lipinski definition) is 1.